The van der Waals surface area contributed by atoms with Gasteiger partial charge in [-0.1, -0.05) is 32.9 Å². The molecule has 3 rings (SSSR count). The summed E-state index contributed by atoms with van der Waals surface area (Å²) in [5.41, 5.74) is 0.224. The molecule has 0 aromatic heterocycles. The number of phenolic OH excluding ortho intramolecular Hbond substituents is 1. The Morgan fingerprint density at radius 2 is 1.84 bits per heavy atom. The van der Waals surface area contributed by atoms with Crippen LogP contribution in [-0.4, -0.2) is 76.2 Å². The van der Waals surface area contributed by atoms with E-state index in [4.69, 9.17) is 28.1 Å². The van der Waals surface area contributed by atoms with Crippen LogP contribution in [0.25, 0.3) is 0 Å². The Bertz CT molecular complexity index is 1180. The summed E-state index contributed by atoms with van der Waals surface area (Å²) in [5, 5.41) is 10.5. The summed E-state index contributed by atoms with van der Waals surface area (Å²) < 4.78 is 36.4. The number of hydrogen-bond donors (Lipinski definition) is 1. The van der Waals surface area contributed by atoms with Gasteiger partial charge in [-0.15, -0.1) is 0 Å². The van der Waals surface area contributed by atoms with Gasteiger partial charge in [-0.25, -0.2) is 4.79 Å². The Balaban J connectivity index is 1.89. The number of phenols is 1. The van der Waals surface area contributed by atoms with Crippen LogP contribution in [0.4, 0.5) is 0 Å². The van der Waals surface area contributed by atoms with Gasteiger partial charge < -0.3 is 33.2 Å². The summed E-state index contributed by atoms with van der Waals surface area (Å²) in [6.07, 6.45) is 8.70. The highest BCUT2D eigenvalue weighted by Gasteiger charge is 2.53. The van der Waals surface area contributed by atoms with Crippen molar-refractivity contribution < 1.29 is 42.8 Å². The maximum absolute atomic E-state index is 13.3. The molecule has 0 radical (unpaired) electrons. The van der Waals surface area contributed by atoms with E-state index in [0.29, 0.717) is 11.3 Å². The number of carbonyl (C=O) groups is 2. The molecule has 0 bridgehead atoms. The lowest BCUT2D eigenvalue weighted by atomic mass is 9.99. The zero-order valence-corrected chi connectivity index (χ0v) is 28.2. The lowest BCUT2D eigenvalue weighted by Crippen LogP contribution is -2.53. The molecule has 1 aliphatic heterocycles. The summed E-state index contributed by atoms with van der Waals surface area (Å²) >= 11 is 0. The molecule has 1 aliphatic carbocycles. The number of ketones is 1. The van der Waals surface area contributed by atoms with Gasteiger partial charge in [0, 0.05) is 32.4 Å². The predicted octanol–water partition coefficient (Wildman–Crippen LogP) is 6.28. The maximum atomic E-state index is 13.3. The molecule has 1 N–H and O–H groups in total. The number of ether oxygens (including phenoxy) is 5. The molecule has 10 heteroatoms. The van der Waals surface area contributed by atoms with E-state index < -0.39 is 32.3 Å². The van der Waals surface area contributed by atoms with Crippen LogP contribution < -0.4 is 4.74 Å². The third kappa shape index (κ3) is 8.57. The van der Waals surface area contributed by atoms with Crippen LogP contribution in [0, 0.1) is 0 Å². The summed E-state index contributed by atoms with van der Waals surface area (Å²) in [7, 11) is 0.517. The molecular weight excluding hydrogens is 568 g/mol. The Kier molecular flexibility index (Phi) is 11.8. The quantitative estimate of drug-likeness (QED) is 0.118. The van der Waals surface area contributed by atoms with E-state index in [0.717, 1.165) is 25.7 Å². The summed E-state index contributed by atoms with van der Waals surface area (Å²) in [6.45, 7) is 15.0. The van der Waals surface area contributed by atoms with E-state index in [1.165, 1.54) is 19.3 Å². The molecule has 1 spiro atoms. The van der Waals surface area contributed by atoms with Crippen molar-refractivity contribution in [2.45, 2.75) is 115 Å². The predicted molar refractivity (Wildman–Crippen MR) is 167 cm³/mol. The SMILES string of the molecule is C/C=C/COc1cc(O)c(C(=O)OC)c(CC(=O)/C=C/[C@H](OC)[C@@H](O[Si](C)(C)C(C)(C)C)[C@H]2OC3(CCCC3)O[C@@H]2C)c1. The van der Waals surface area contributed by atoms with Crippen LogP contribution in [0.15, 0.2) is 36.4 Å². The number of esters is 1. The minimum atomic E-state index is -2.30. The number of allylic oxidation sites excluding steroid dienone is 2. The van der Waals surface area contributed by atoms with E-state index in [-0.39, 0.29) is 47.4 Å². The molecule has 9 nitrogen and oxygen atoms in total. The molecule has 1 heterocycles. The number of hydrogen-bond acceptors (Lipinski definition) is 9. The summed E-state index contributed by atoms with van der Waals surface area (Å²) in [5.74, 6) is -1.62. The lowest BCUT2D eigenvalue weighted by molar-refractivity contribution is -0.179. The molecule has 1 aromatic rings. The first-order valence-electron chi connectivity index (χ1n) is 15.1. The van der Waals surface area contributed by atoms with Crippen molar-refractivity contribution in [3.63, 3.8) is 0 Å². The van der Waals surface area contributed by atoms with Gasteiger partial charge in [0.05, 0.1) is 13.2 Å². The number of benzene rings is 1. The number of aromatic hydroxyl groups is 1. The van der Waals surface area contributed by atoms with Gasteiger partial charge in [-0.3, -0.25) is 4.79 Å². The van der Waals surface area contributed by atoms with Crippen LogP contribution in [0.3, 0.4) is 0 Å². The Morgan fingerprint density at radius 1 is 1.16 bits per heavy atom. The van der Waals surface area contributed by atoms with Crippen molar-refractivity contribution in [1.82, 2.24) is 0 Å². The average Bonchev–Trinajstić information content (AvgIpc) is 3.52. The van der Waals surface area contributed by atoms with Crippen LogP contribution in [-0.2, 0) is 34.6 Å². The fourth-order valence-electron chi connectivity index (χ4n) is 5.33. The standard InChI is InChI=1S/C33H50O9Si/c1-10-11-18-39-25-20-23(28(26(35)21-25)31(36)38-7)19-24(34)14-15-27(37-6)30(42-43(8,9)32(3,4)5)29-22(2)40-33(41-29)16-12-13-17-33/h10-11,14-15,20-22,27,29-30,35H,12-13,16-19H2,1-9H3/b11-10+,15-14+/t22-,27+,29+,30-/m1/s1. The zero-order chi connectivity index (χ0) is 32.0. The summed E-state index contributed by atoms with van der Waals surface area (Å²) in [6, 6.07) is 2.91. The number of carbonyl (C=O) groups excluding carboxylic acids is 2. The first kappa shape index (κ1) is 35.0. The van der Waals surface area contributed by atoms with Gasteiger partial charge in [0.15, 0.2) is 19.9 Å². The second-order valence-electron chi connectivity index (χ2n) is 12.9. The van der Waals surface area contributed by atoms with E-state index >= 15 is 0 Å². The highest BCUT2D eigenvalue weighted by Crippen LogP contribution is 2.45. The maximum Gasteiger partial charge on any atom is 0.341 e. The molecule has 0 amide bonds. The first-order chi connectivity index (χ1) is 20.2. The largest absolute Gasteiger partial charge is 0.507 e. The van der Waals surface area contributed by atoms with Crippen molar-refractivity contribution >= 4 is 20.1 Å². The first-order valence-corrected chi connectivity index (χ1v) is 18.0. The van der Waals surface area contributed by atoms with E-state index in [1.54, 1.807) is 25.3 Å². The second kappa shape index (κ2) is 14.5. The molecule has 2 fully saturated rings. The lowest BCUT2D eigenvalue weighted by Gasteiger charge is -2.42. The van der Waals surface area contributed by atoms with Gasteiger partial charge in [0.2, 0.25) is 0 Å². The van der Waals surface area contributed by atoms with E-state index in [2.05, 4.69) is 33.9 Å². The van der Waals surface area contributed by atoms with Crippen molar-refractivity contribution in [2.24, 2.45) is 0 Å². The minimum Gasteiger partial charge on any atom is -0.507 e. The van der Waals surface area contributed by atoms with Gasteiger partial charge >= 0.3 is 5.97 Å². The van der Waals surface area contributed by atoms with Crippen LogP contribution in [0.5, 0.6) is 11.5 Å². The molecule has 1 saturated carbocycles. The topological polar surface area (TPSA) is 110 Å². The van der Waals surface area contributed by atoms with Crippen molar-refractivity contribution in [2.75, 3.05) is 20.8 Å². The van der Waals surface area contributed by atoms with Gasteiger partial charge in [-0.2, -0.15) is 0 Å². The Hall–Kier alpha value is -2.50. The average molecular weight is 619 g/mol. The van der Waals surface area contributed by atoms with Crippen molar-refractivity contribution in [1.29, 1.82) is 0 Å². The highest BCUT2D eigenvalue weighted by molar-refractivity contribution is 6.74. The van der Waals surface area contributed by atoms with Crippen LogP contribution in [0.2, 0.25) is 18.1 Å². The minimum absolute atomic E-state index is 0.0664. The molecule has 0 unspecified atom stereocenters. The van der Waals surface area contributed by atoms with Crippen molar-refractivity contribution in [3.05, 3.63) is 47.6 Å². The normalized spacial score (nSPS) is 22.0. The molecule has 1 aromatic carbocycles. The second-order valence-corrected chi connectivity index (χ2v) is 17.7. The van der Waals surface area contributed by atoms with Crippen LogP contribution in [0.1, 0.15) is 76.2 Å². The van der Waals surface area contributed by atoms with E-state index in [9.17, 15) is 14.7 Å². The molecule has 240 valence electrons. The third-order valence-corrected chi connectivity index (χ3v) is 13.2. The smallest absolute Gasteiger partial charge is 0.341 e. The molecule has 43 heavy (non-hydrogen) atoms. The Labute approximate surface area is 257 Å². The molecule has 4 atom stereocenters. The fourth-order valence-corrected chi connectivity index (χ4v) is 6.63. The van der Waals surface area contributed by atoms with Gasteiger partial charge in [-0.05, 0) is 68.6 Å². The zero-order valence-electron chi connectivity index (χ0n) is 27.2. The fraction of sp³-hybridized carbons (Fsp3) is 0.636. The molecule has 1 saturated heterocycles. The van der Waals surface area contributed by atoms with Crippen molar-refractivity contribution in [3.8, 4) is 11.5 Å². The van der Waals surface area contributed by atoms with Gasteiger partial charge in [0.25, 0.3) is 0 Å². The number of methoxy groups -OCH3 is 2. The van der Waals surface area contributed by atoms with Crippen LogP contribution >= 0.6 is 0 Å². The monoisotopic (exact) mass is 618 g/mol. The highest BCUT2D eigenvalue weighted by atomic mass is 28.4. The third-order valence-electron chi connectivity index (χ3n) is 8.72. The van der Waals surface area contributed by atoms with Gasteiger partial charge in [0.1, 0.15) is 42.0 Å². The van der Waals surface area contributed by atoms with E-state index in [1.807, 2.05) is 19.9 Å². The Morgan fingerprint density at radius 3 is 2.42 bits per heavy atom. The summed E-state index contributed by atoms with van der Waals surface area (Å²) in [4.78, 5) is 25.8. The molecular formula is C33H50O9Si. The molecule has 2 aliphatic rings. The number of rotatable bonds is 13.